The van der Waals surface area contributed by atoms with E-state index in [1.165, 1.54) is 24.1 Å². The highest BCUT2D eigenvalue weighted by atomic mass is 35.5. The molecule has 0 radical (unpaired) electrons. The Hall–Kier alpha value is -2.89. The molecule has 1 aliphatic carbocycles. The molecule has 0 atom stereocenters. The Balaban J connectivity index is 1.25. The molecule has 2 fully saturated rings. The van der Waals surface area contributed by atoms with Gasteiger partial charge in [0, 0.05) is 67.4 Å². The van der Waals surface area contributed by atoms with E-state index in [0.717, 1.165) is 83.4 Å². The summed E-state index contributed by atoms with van der Waals surface area (Å²) in [6.45, 7) is 13.0. The van der Waals surface area contributed by atoms with Crippen LogP contribution in [0, 0.1) is 13.8 Å². The molecule has 200 valence electrons. The highest BCUT2D eigenvalue weighted by molar-refractivity contribution is 6.33. The number of nitrogens with zero attached hydrogens (tertiary/aromatic N) is 3. The van der Waals surface area contributed by atoms with Gasteiger partial charge >= 0.3 is 0 Å². The van der Waals surface area contributed by atoms with Crippen LogP contribution in [-0.4, -0.2) is 48.6 Å². The fourth-order valence-corrected chi connectivity index (χ4v) is 5.97. The van der Waals surface area contributed by atoms with E-state index in [0.29, 0.717) is 12.3 Å². The second kappa shape index (κ2) is 11.5. The standard InChI is InChI=1S/C32H38ClN3O2/c1-5-25(29(37)6-2)26-13-12-24(20-22(26)4)36-18-16-35(17-19-36)15-14-27-31(34-38-32(27)23-10-11-23)30-21(3)8-7-9-28(30)33/h5,7-9,12-13,20,23H,6,10-11,14-19H2,1-4H3/b25-5+. The highest BCUT2D eigenvalue weighted by Gasteiger charge is 2.33. The number of carbonyl (C=O) groups is 1. The van der Waals surface area contributed by atoms with Crippen molar-refractivity contribution >= 4 is 28.6 Å². The molecule has 2 aromatic carbocycles. The number of Topliss-reactive ketones (excluding diaryl/α,β-unsaturated/α-hetero) is 1. The van der Waals surface area contributed by atoms with E-state index in [4.69, 9.17) is 16.1 Å². The van der Waals surface area contributed by atoms with Gasteiger partial charge in [-0.3, -0.25) is 9.69 Å². The lowest BCUT2D eigenvalue weighted by atomic mass is 9.95. The van der Waals surface area contributed by atoms with Gasteiger partial charge in [-0.1, -0.05) is 48.0 Å². The zero-order valence-electron chi connectivity index (χ0n) is 23.0. The number of rotatable bonds is 9. The van der Waals surface area contributed by atoms with Crippen molar-refractivity contribution in [3.05, 3.63) is 75.5 Å². The third-order valence-corrected chi connectivity index (χ3v) is 8.37. The maximum Gasteiger partial charge on any atom is 0.162 e. The topological polar surface area (TPSA) is 49.6 Å². The summed E-state index contributed by atoms with van der Waals surface area (Å²) in [6.07, 6.45) is 5.75. The lowest BCUT2D eigenvalue weighted by Crippen LogP contribution is -2.47. The normalized spacial score (nSPS) is 16.8. The fraction of sp³-hybridized carbons (Fsp3) is 0.438. The number of carbonyl (C=O) groups excluding carboxylic acids is 1. The van der Waals surface area contributed by atoms with Gasteiger partial charge in [0.05, 0.1) is 5.02 Å². The lowest BCUT2D eigenvalue weighted by molar-refractivity contribution is -0.113. The molecule has 1 aromatic heterocycles. The van der Waals surface area contributed by atoms with Crippen LogP contribution in [0.5, 0.6) is 0 Å². The van der Waals surface area contributed by atoms with E-state index < -0.39 is 0 Å². The number of piperazine rings is 1. The third-order valence-electron chi connectivity index (χ3n) is 8.05. The van der Waals surface area contributed by atoms with E-state index in [1.807, 2.05) is 32.1 Å². The third kappa shape index (κ3) is 5.45. The summed E-state index contributed by atoms with van der Waals surface area (Å²) in [5.74, 6) is 1.77. The van der Waals surface area contributed by atoms with Crippen LogP contribution in [0.1, 0.15) is 67.0 Å². The quantitative estimate of drug-likeness (QED) is 0.272. The second-order valence-corrected chi connectivity index (χ2v) is 11.0. The van der Waals surface area contributed by atoms with Gasteiger partial charge in [-0.05, 0) is 74.9 Å². The SMILES string of the molecule is C/C=C(/C(=O)CC)c1ccc(N2CCN(CCc3c(-c4c(C)cccc4Cl)noc3C3CC3)CC2)cc1C. The van der Waals surface area contributed by atoms with Gasteiger partial charge < -0.3 is 9.42 Å². The van der Waals surface area contributed by atoms with Crippen LogP contribution in [0.15, 0.2) is 47.0 Å². The Morgan fingerprint density at radius 2 is 1.87 bits per heavy atom. The van der Waals surface area contributed by atoms with Crippen molar-refractivity contribution in [3.8, 4) is 11.3 Å². The first kappa shape index (κ1) is 26.7. The molecule has 1 saturated carbocycles. The second-order valence-electron chi connectivity index (χ2n) is 10.6. The van der Waals surface area contributed by atoms with Crippen molar-refractivity contribution < 1.29 is 9.32 Å². The first-order valence-corrected chi connectivity index (χ1v) is 14.3. The van der Waals surface area contributed by atoms with E-state index in [-0.39, 0.29) is 5.78 Å². The number of aryl methyl sites for hydroxylation is 2. The fourth-order valence-electron chi connectivity index (χ4n) is 5.66. The average molecular weight is 532 g/mol. The summed E-state index contributed by atoms with van der Waals surface area (Å²) >= 11 is 6.62. The Labute approximate surface area is 231 Å². The Morgan fingerprint density at radius 1 is 1.11 bits per heavy atom. The van der Waals surface area contributed by atoms with Crippen LogP contribution >= 0.6 is 11.6 Å². The molecule has 1 aliphatic heterocycles. The predicted molar refractivity (Wildman–Crippen MR) is 156 cm³/mol. The molecule has 2 aliphatic rings. The van der Waals surface area contributed by atoms with Crippen LogP contribution < -0.4 is 4.90 Å². The molecule has 0 spiro atoms. The number of ketones is 1. The molecule has 2 heterocycles. The molecule has 3 aromatic rings. The van der Waals surface area contributed by atoms with Gasteiger partial charge in [0.25, 0.3) is 0 Å². The highest BCUT2D eigenvalue weighted by Crippen LogP contribution is 2.45. The average Bonchev–Trinajstić information content (AvgIpc) is 3.69. The van der Waals surface area contributed by atoms with Crippen molar-refractivity contribution in [1.82, 2.24) is 10.1 Å². The summed E-state index contributed by atoms with van der Waals surface area (Å²) in [6, 6.07) is 12.5. The monoisotopic (exact) mass is 531 g/mol. The van der Waals surface area contributed by atoms with Gasteiger partial charge in [0.2, 0.25) is 0 Å². The van der Waals surface area contributed by atoms with E-state index in [9.17, 15) is 4.79 Å². The van der Waals surface area contributed by atoms with E-state index in [2.05, 4.69) is 53.1 Å². The van der Waals surface area contributed by atoms with Crippen LogP contribution in [0.4, 0.5) is 5.69 Å². The molecule has 0 amide bonds. The van der Waals surface area contributed by atoms with Crippen molar-refractivity contribution in [2.24, 2.45) is 0 Å². The lowest BCUT2D eigenvalue weighted by Gasteiger charge is -2.36. The Bertz CT molecular complexity index is 1330. The van der Waals surface area contributed by atoms with Crippen LogP contribution in [0.25, 0.3) is 16.8 Å². The maximum absolute atomic E-state index is 12.4. The van der Waals surface area contributed by atoms with Crippen LogP contribution in [-0.2, 0) is 11.2 Å². The van der Waals surface area contributed by atoms with Crippen molar-refractivity contribution in [2.75, 3.05) is 37.6 Å². The molecule has 0 unspecified atom stereocenters. The molecule has 5 rings (SSSR count). The molecular formula is C32H38ClN3O2. The molecular weight excluding hydrogens is 494 g/mol. The van der Waals surface area contributed by atoms with Crippen molar-refractivity contribution in [1.29, 1.82) is 0 Å². The van der Waals surface area contributed by atoms with Gasteiger partial charge in [-0.15, -0.1) is 0 Å². The number of anilines is 1. The summed E-state index contributed by atoms with van der Waals surface area (Å²) in [5, 5.41) is 5.26. The van der Waals surface area contributed by atoms with Crippen LogP contribution in [0.3, 0.4) is 0 Å². The molecule has 6 heteroatoms. The predicted octanol–water partition coefficient (Wildman–Crippen LogP) is 7.24. The summed E-state index contributed by atoms with van der Waals surface area (Å²) < 4.78 is 5.91. The maximum atomic E-state index is 12.4. The van der Waals surface area contributed by atoms with Gasteiger partial charge in [-0.2, -0.15) is 0 Å². The van der Waals surface area contributed by atoms with Crippen LogP contribution in [0.2, 0.25) is 5.02 Å². The molecule has 1 saturated heterocycles. The minimum absolute atomic E-state index is 0.197. The first-order chi connectivity index (χ1) is 18.4. The number of halogens is 1. The number of aromatic nitrogens is 1. The van der Waals surface area contributed by atoms with Gasteiger partial charge in [-0.25, -0.2) is 0 Å². The molecule has 5 nitrogen and oxygen atoms in total. The van der Waals surface area contributed by atoms with Gasteiger partial charge in [0.1, 0.15) is 11.5 Å². The van der Waals surface area contributed by atoms with Crippen molar-refractivity contribution in [3.63, 3.8) is 0 Å². The number of hydrogen-bond donors (Lipinski definition) is 0. The Kier molecular flexibility index (Phi) is 8.06. The zero-order valence-corrected chi connectivity index (χ0v) is 23.8. The minimum atomic E-state index is 0.197. The summed E-state index contributed by atoms with van der Waals surface area (Å²) in [4.78, 5) is 17.4. The Morgan fingerprint density at radius 3 is 2.50 bits per heavy atom. The first-order valence-electron chi connectivity index (χ1n) is 13.9. The summed E-state index contributed by atoms with van der Waals surface area (Å²) in [5.41, 5.74) is 8.55. The number of hydrogen-bond acceptors (Lipinski definition) is 5. The molecule has 0 bridgehead atoms. The largest absolute Gasteiger partial charge is 0.369 e. The van der Waals surface area contributed by atoms with E-state index >= 15 is 0 Å². The molecule has 38 heavy (non-hydrogen) atoms. The zero-order chi connectivity index (χ0) is 26.8. The smallest absolute Gasteiger partial charge is 0.162 e. The summed E-state index contributed by atoms with van der Waals surface area (Å²) in [7, 11) is 0. The molecule has 0 N–H and O–H groups in total. The minimum Gasteiger partial charge on any atom is -0.369 e. The van der Waals surface area contributed by atoms with Gasteiger partial charge in [0.15, 0.2) is 5.78 Å². The number of benzene rings is 2. The van der Waals surface area contributed by atoms with E-state index in [1.54, 1.807) is 0 Å². The number of allylic oxidation sites excluding steroid dienone is 2. The van der Waals surface area contributed by atoms with Crippen molar-refractivity contribution in [2.45, 2.75) is 59.3 Å².